The molecule has 26 heavy (non-hydrogen) atoms. The molecule has 1 aromatic carbocycles. The van der Waals surface area contributed by atoms with Gasteiger partial charge < -0.3 is 4.90 Å². The van der Waals surface area contributed by atoms with Gasteiger partial charge in [-0.2, -0.15) is 5.10 Å². The van der Waals surface area contributed by atoms with Crippen molar-refractivity contribution in [3.63, 3.8) is 0 Å². The van der Waals surface area contributed by atoms with Crippen molar-refractivity contribution in [3.8, 4) is 22.4 Å². The molecule has 0 unspecified atom stereocenters. The largest absolute Gasteiger partial charge is 0.341 e. The van der Waals surface area contributed by atoms with Gasteiger partial charge in [0.05, 0.1) is 5.69 Å². The number of carbonyl (C=O) groups excluding carboxylic acids is 1. The first-order chi connectivity index (χ1) is 12.8. The van der Waals surface area contributed by atoms with Crippen molar-refractivity contribution in [2.75, 3.05) is 13.1 Å². The van der Waals surface area contributed by atoms with Gasteiger partial charge in [-0.25, -0.2) is 0 Å². The highest BCUT2D eigenvalue weighted by molar-refractivity contribution is 5.76. The summed E-state index contributed by atoms with van der Waals surface area (Å²) in [6.45, 7) is 2.06. The zero-order valence-corrected chi connectivity index (χ0v) is 14.7. The topological polar surface area (TPSA) is 51.0 Å². The predicted molar refractivity (Wildman–Crippen MR) is 101 cm³/mol. The molecule has 0 saturated carbocycles. The summed E-state index contributed by atoms with van der Waals surface area (Å²) in [6.07, 6.45) is 8.95. The Kier molecular flexibility index (Phi) is 4.78. The molecule has 1 aliphatic rings. The summed E-state index contributed by atoms with van der Waals surface area (Å²) in [4.78, 5) is 18.5. The van der Waals surface area contributed by atoms with E-state index in [1.807, 2.05) is 47.6 Å². The number of pyridine rings is 1. The molecule has 3 aromatic rings. The van der Waals surface area contributed by atoms with Crippen LogP contribution in [0, 0.1) is 0 Å². The van der Waals surface area contributed by atoms with E-state index in [4.69, 9.17) is 0 Å². The molecular formula is C21H22N4O. The quantitative estimate of drug-likeness (QED) is 0.725. The second kappa shape index (κ2) is 7.52. The molecule has 5 heteroatoms. The average molecular weight is 346 g/mol. The number of hydrogen-bond donors (Lipinski definition) is 0. The van der Waals surface area contributed by atoms with Crippen LogP contribution in [0.5, 0.6) is 0 Å². The molecule has 2 aromatic heterocycles. The van der Waals surface area contributed by atoms with Crippen LogP contribution in [0.15, 0.2) is 61.1 Å². The maximum absolute atomic E-state index is 12.4. The lowest BCUT2D eigenvalue weighted by molar-refractivity contribution is -0.132. The zero-order valence-electron chi connectivity index (χ0n) is 14.7. The first-order valence-electron chi connectivity index (χ1n) is 9.12. The Bertz CT molecular complexity index is 882. The molecule has 5 nitrogen and oxygen atoms in total. The van der Waals surface area contributed by atoms with E-state index in [9.17, 15) is 4.79 Å². The monoisotopic (exact) mass is 346 g/mol. The second-order valence-electron chi connectivity index (χ2n) is 6.66. The van der Waals surface area contributed by atoms with Crippen LogP contribution in [0.4, 0.5) is 0 Å². The standard InChI is InChI=1S/C21H22N4O/c26-21(24-11-2-1-3-12-24)16-25-13-9-20(23-25)18-7-4-6-17(14-18)19-8-5-10-22-15-19/h4-10,13-15H,1-3,11-12,16H2. The van der Waals surface area contributed by atoms with Gasteiger partial charge in [-0.15, -0.1) is 0 Å². The Hall–Kier alpha value is -2.95. The van der Waals surface area contributed by atoms with E-state index in [0.29, 0.717) is 6.54 Å². The molecule has 0 spiro atoms. The molecular weight excluding hydrogens is 324 g/mol. The minimum atomic E-state index is 0.156. The first kappa shape index (κ1) is 16.5. The molecule has 0 radical (unpaired) electrons. The lowest BCUT2D eigenvalue weighted by Gasteiger charge is -2.26. The molecule has 1 aliphatic heterocycles. The van der Waals surface area contributed by atoms with Gasteiger partial charge in [0.1, 0.15) is 6.54 Å². The zero-order chi connectivity index (χ0) is 17.8. The van der Waals surface area contributed by atoms with E-state index < -0.39 is 0 Å². The molecule has 1 saturated heterocycles. The minimum Gasteiger partial charge on any atom is -0.341 e. The fraction of sp³-hybridized carbons (Fsp3) is 0.286. The van der Waals surface area contributed by atoms with Crippen LogP contribution in [-0.4, -0.2) is 38.7 Å². The van der Waals surface area contributed by atoms with E-state index in [1.165, 1.54) is 6.42 Å². The van der Waals surface area contributed by atoms with Crippen molar-refractivity contribution in [3.05, 3.63) is 61.1 Å². The number of benzene rings is 1. The van der Waals surface area contributed by atoms with Gasteiger partial charge in [-0.3, -0.25) is 14.5 Å². The molecule has 132 valence electrons. The van der Waals surface area contributed by atoms with Crippen LogP contribution in [0.3, 0.4) is 0 Å². The molecule has 1 fully saturated rings. The Balaban J connectivity index is 1.50. The number of aromatic nitrogens is 3. The second-order valence-corrected chi connectivity index (χ2v) is 6.66. The summed E-state index contributed by atoms with van der Waals surface area (Å²) in [7, 11) is 0. The average Bonchev–Trinajstić information content (AvgIpc) is 3.18. The molecule has 0 aliphatic carbocycles. The maximum atomic E-state index is 12.4. The van der Waals surface area contributed by atoms with Crippen molar-refractivity contribution in [2.45, 2.75) is 25.8 Å². The highest BCUT2D eigenvalue weighted by atomic mass is 16.2. The number of piperidine rings is 1. The normalized spacial score (nSPS) is 14.4. The fourth-order valence-electron chi connectivity index (χ4n) is 3.38. The summed E-state index contributed by atoms with van der Waals surface area (Å²) in [5.41, 5.74) is 4.10. The van der Waals surface area contributed by atoms with E-state index in [2.05, 4.69) is 22.2 Å². The van der Waals surface area contributed by atoms with Crippen LogP contribution in [0.25, 0.3) is 22.4 Å². The number of hydrogen-bond acceptors (Lipinski definition) is 3. The minimum absolute atomic E-state index is 0.156. The Labute approximate surface area is 153 Å². The van der Waals surface area contributed by atoms with Crippen LogP contribution < -0.4 is 0 Å². The van der Waals surface area contributed by atoms with Crippen molar-refractivity contribution in [2.24, 2.45) is 0 Å². The van der Waals surface area contributed by atoms with Gasteiger partial charge in [-0.1, -0.05) is 24.3 Å². The van der Waals surface area contributed by atoms with E-state index in [-0.39, 0.29) is 5.91 Å². The molecule has 0 bridgehead atoms. The fourth-order valence-corrected chi connectivity index (χ4v) is 3.38. The third kappa shape index (κ3) is 3.67. The summed E-state index contributed by atoms with van der Waals surface area (Å²) < 4.78 is 1.74. The van der Waals surface area contributed by atoms with Gasteiger partial charge in [-0.05, 0) is 43.0 Å². The predicted octanol–water partition coefficient (Wildman–Crippen LogP) is 3.62. The molecule has 3 heterocycles. The van der Waals surface area contributed by atoms with Gasteiger partial charge in [0, 0.05) is 42.8 Å². The lowest BCUT2D eigenvalue weighted by atomic mass is 10.0. The smallest absolute Gasteiger partial charge is 0.244 e. The van der Waals surface area contributed by atoms with Crippen LogP contribution in [0.2, 0.25) is 0 Å². The SMILES string of the molecule is O=C(Cn1ccc(-c2cccc(-c3cccnc3)c2)n1)N1CCCCC1. The number of nitrogens with zero attached hydrogens (tertiary/aromatic N) is 4. The highest BCUT2D eigenvalue weighted by Crippen LogP contribution is 2.24. The van der Waals surface area contributed by atoms with Crippen LogP contribution in [0.1, 0.15) is 19.3 Å². The van der Waals surface area contributed by atoms with Crippen LogP contribution in [-0.2, 0) is 11.3 Å². The third-order valence-electron chi connectivity index (χ3n) is 4.80. The molecule has 0 atom stereocenters. The van der Waals surface area contributed by atoms with Gasteiger partial charge in [0.15, 0.2) is 0 Å². The van der Waals surface area contributed by atoms with E-state index >= 15 is 0 Å². The first-order valence-corrected chi connectivity index (χ1v) is 9.12. The Morgan fingerprint density at radius 3 is 2.58 bits per heavy atom. The highest BCUT2D eigenvalue weighted by Gasteiger charge is 2.17. The summed E-state index contributed by atoms with van der Waals surface area (Å²) >= 11 is 0. The van der Waals surface area contributed by atoms with Crippen molar-refractivity contribution in [1.29, 1.82) is 0 Å². The number of likely N-dealkylation sites (tertiary alicyclic amines) is 1. The Morgan fingerprint density at radius 2 is 1.77 bits per heavy atom. The number of rotatable bonds is 4. The van der Waals surface area contributed by atoms with E-state index in [0.717, 1.165) is 48.3 Å². The number of carbonyl (C=O) groups is 1. The maximum Gasteiger partial charge on any atom is 0.244 e. The third-order valence-corrected chi connectivity index (χ3v) is 4.80. The van der Waals surface area contributed by atoms with Gasteiger partial charge in [0.25, 0.3) is 0 Å². The lowest BCUT2D eigenvalue weighted by Crippen LogP contribution is -2.37. The van der Waals surface area contributed by atoms with E-state index in [1.54, 1.807) is 10.9 Å². The van der Waals surface area contributed by atoms with Gasteiger partial charge in [0.2, 0.25) is 5.91 Å². The van der Waals surface area contributed by atoms with Crippen LogP contribution >= 0.6 is 0 Å². The summed E-state index contributed by atoms with van der Waals surface area (Å²) in [5, 5.41) is 4.60. The van der Waals surface area contributed by atoms with Crippen molar-refractivity contribution >= 4 is 5.91 Å². The van der Waals surface area contributed by atoms with Crippen molar-refractivity contribution in [1.82, 2.24) is 19.7 Å². The Morgan fingerprint density at radius 1 is 0.962 bits per heavy atom. The van der Waals surface area contributed by atoms with Crippen molar-refractivity contribution < 1.29 is 4.79 Å². The number of amides is 1. The molecule has 4 rings (SSSR count). The summed E-state index contributed by atoms with van der Waals surface area (Å²) in [6, 6.07) is 14.2. The van der Waals surface area contributed by atoms with Gasteiger partial charge >= 0.3 is 0 Å². The molecule has 0 N–H and O–H groups in total. The molecule has 1 amide bonds. The summed E-state index contributed by atoms with van der Waals surface area (Å²) in [5.74, 6) is 0.156.